The fourth-order valence-corrected chi connectivity index (χ4v) is 11.3. The second-order valence-electron chi connectivity index (χ2n) is 20.8. The Kier molecular flexibility index (Phi) is 17.1. The zero-order valence-electron chi connectivity index (χ0n) is 42.2. The van der Waals surface area contributed by atoms with Crippen LogP contribution in [-0.2, 0) is 33.8 Å². The number of aliphatic hydroxyl groups excluding tert-OH is 1. The molecule has 13 nitrogen and oxygen atoms in total. The molecule has 0 aromatic heterocycles. The molecule has 3 amide bonds. The number of para-hydroxylation sites is 1. The molecule has 0 radical (unpaired) electrons. The molecule has 372 valence electrons. The normalized spacial score (nSPS) is 23.6. The van der Waals surface area contributed by atoms with Crippen molar-refractivity contribution in [3.05, 3.63) is 119 Å². The third-order valence-corrected chi connectivity index (χ3v) is 15.2. The van der Waals surface area contributed by atoms with Crippen molar-refractivity contribution in [3.63, 3.8) is 0 Å². The number of nitrogens with zero attached hydrogens (tertiary/aromatic N) is 3. The van der Waals surface area contributed by atoms with E-state index in [0.29, 0.717) is 42.7 Å². The maximum Gasteiger partial charge on any atom is 0.407 e. The number of methoxy groups -OCH3 is 1. The van der Waals surface area contributed by atoms with Crippen LogP contribution in [0.15, 0.2) is 97.1 Å². The van der Waals surface area contributed by atoms with Crippen LogP contribution < -0.4 is 25.6 Å². The van der Waals surface area contributed by atoms with Crippen LogP contribution in [0.5, 0.6) is 5.75 Å². The van der Waals surface area contributed by atoms with Crippen molar-refractivity contribution >= 4 is 23.6 Å². The molecule has 4 N–H and O–H groups in total. The Bertz CT molecular complexity index is 2340. The number of hydroxylamine groups is 2. The Labute approximate surface area is 410 Å². The molecule has 3 saturated carbocycles. The summed E-state index contributed by atoms with van der Waals surface area (Å²) in [6.07, 6.45) is 3.15. The van der Waals surface area contributed by atoms with Gasteiger partial charge in [-0.15, -0.1) is 0 Å². The van der Waals surface area contributed by atoms with Crippen LogP contribution in [0.25, 0.3) is 11.1 Å². The fourth-order valence-electron chi connectivity index (χ4n) is 11.3. The third kappa shape index (κ3) is 12.3. The molecule has 4 aliphatic rings. The molecule has 4 aromatic rings. The molecule has 1 aliphatic heterocycles. The first kappa shape index (κ1) is 51.4. The highest BCUT2D eigenvalue weighted by atomic mass is 16.7. The largest absolute Gasteiger partial charge is 0.496 e. The number of carbonyl (C=O) groups is 3. The highest BCUT2D eigenvalue weighted by molar-refractivity contribution is 5.97. The number of ether oxygens (including phenoxy) is 2. The molecule has 1 heterocycles. The van der Waals surface area contributed by atoms with Crippen LogP contribution in [0.2, 0.25) is 0 Å². The summed E-state index contributed by atoms with van der Waals surface area (Å²) in [4.78, 5) is 53.0. The molecular formula is C56H76N6O7. The summed E-state index contributed by atoms with van der Waals surface area (Å²) in [7, 11) is 9.51. The smallest absolute Gasteiger partial charge is 0.407 e. The molecule has 1 saturated heterocycles. The number of hydrogen-bond acceptors (Lipinski definition) is 10. The number of aryl methyl sites for hydroxylation is 1. The summed E-state index contributed by atoms with van der Waals surface area (Å²) in [6.45, 7) is 9.53. The van der Waals surface area contributed by atoms with Crippen LogP contribution in [0.1, 0.15) is 80.4 Å². The highest BCUT2D eigenvalue weighted by Crippen LogP contribution is 2.61. The number of carbonyl (C=O) groups excluding carboxylic acids is 3. The fraction of sp³-hybridized carbons (Fsp3) is 0.518. The van der Waals surface area contributed by atoms with E-state index in [9.17, 15) is 19.5 Å². The lowest BCUT2D eigenvalue weighted by Gasteiger charge is -2.62. The predicted molar refractivity (Wildman–Crippen MR) is 272 cm³/mol. The first-order valence-electron chi connectivity index (χ1n) is 24.9. The summed E-state index contributed by atoms with van der Waals surface area (Å²) < 4.78 is 12.2. The van der Waals surface area contributed by atoms with Gasteiger partial charge < -0.3 is 40.3 Å². The van der Waals surface area contributed by atoms with Crippen molar-refractivity contribution in [2.45, 2.75) is 103 Å². The van der Waals surface area contributed by atoms with Gasteiger partial charge in [0.15, 0.2) is 0 Å². The predicted octanol–water partition coefficient (Wildman–Crippen LogP) is 7.75. The van der Waals surface area contributed by atoms with E-state index in [1.165, 1.54) is 12.0 Å². The molecular weight excluding hydrogens is 869 g/mol. The average molecular weight is 945 g/mol. The average Bonchev–Trinajstić information content (AvgIpc) is 3.70. The first-order valence-corrected chi connectivity index (χ1v) is 24.9. The van der Waals surface area contributed by atoms with Gasteiger partial charge in [-0.05, 0) is 118 Å². The lowest BCUT2D eigenvalue weighted by Crippen LogP contribution is -2.62. The summed E-state index contributed by atoms with van der Waals surface area (Å²) >= 11 is 0. The summed E-state index contributed by atoms with van der Waals surface area (Å²) in [5.74, 6) is 0.762. The number of fused-ring (bicyclic) bond motifs is 2. The summed E-state index contributed by atoms with van der Waals surface area (Å²) in [5, 5.41) is 22.1. The van der Waals surface area contributed by atoms with Crippen molar-refractivity contribution in [1.82, 2.24) is 25.9 Å². The lowest BCUT2D eigenvalue weighted by molar-refractivity contribution is -0.183. The van der Waals surface area contributed by atoms with Crippen molar-refractivity contribution in [3.8, 4) is 16.9 Å². The van der Waals surface area contributed by atoms with Crippen molar-refractivity contribution in [2.24, 2.45) is 29.1 Å². The molecule has 8 rings (SSSR count). The highest BCUT2D eigenvalue weighted by Gasteiger charge is 2.57. The summed E-state index contributed by atoms with van der Waals surface area (Å²) in [6, 6.07) is 31.0. The second kappa shape index (κ2) is 23.0. The van der Waals surface area contributed by atoms with Gasteiger partial charge in [0.05, 0.1) is 26.2 Å². The first-order chi connectivity index (χ1) is 33.1. The maximum absolute atomic E-state index is 14.9. The Hall–Kier alpha value is -5.47. The van der Waals surface area contributed by atoms with E-state index >= 15 is 0 Å². The van der Waals surface area contributed by atoms with Gasteiger partial charge in [0.1, 0.15) is 24.0 Å². The Morgan fingerprint density at radius 1 is 0.913 bits per heavy atom. The Morgan fingerprint density at radius 2 is 1.62 bits per heavy atom. The number of hydrogen-bond donors (Lipinski definition) is 4. The SMILES string of the molecule is COc1c(CN2O[C@@H](CO)C(C(C)OC(=O)NCCCCc3ccccc3)[C@H]2C(=O)N[C@H]2C[C@@H]3C[C@H]([C@@H]2C)C3(C)C)cccc1-c1cc(C(=O)N[C@@H](Cc2ccccc2)CN(C)C)cc(N(C)C)c1. The lowest BCUT2D eigenvalue weighted by atomic mass is 9.45. The standard InChI is InChI=1S/C56H76N6O7/c1-36-47-31-43(56(47,3)4)32-48(36)59-54(65)51-50(37(2)68-55(66)57-26-17-16-21-38-19-12-10-13-20-38)49(35-63)69-62(51)33-40-24-18-25-46(52(40)67-9)41-28-42(30-45(29-41)61(7)8)53(64)58-44(34-60(5)6)27-39-22-14-11-15-23-39/h10-15,18-20,22-25,28-30,36-37,43-44,47-51,63H,16-17,21,26-27,31-35H2,1-9H3,(H,57,66)(H,58,64)(H,59,65)/t36-,37?,43-,44-,47+,48-,49-,50?,51-/m0/s1. The zero-order valence-corrected chi connectivity index (χ0v) is 42.2. The Morgan fingerprint density at radius 3 is 2.26 bits per heavy atom. The van der Waals surface area contributed by atoms with E-state index in [-0.39, 0.29) is 41.8 Å². The van der Waals surface area contributed by atoms with Crippen LogP contribution in [0, 0.1) is 29.1 Å². The number of aliphatic hydroxyl groups is 1. The molecule has 2 bridgehead atoms. The van der Waals surface area contributed by atoms with Crippen LogP contribution >= 0.6 is 0 Å². The van der Waals surface area contributed by atoms with Gasteiger partial charge >= 0.3 is 6.09 Å². The minimum absolute atomic E-state index is 0.0231. The molecule has 3 aliphatic carbocycles. The van der Waals surface area contributed by atoms with Gasteiger partial charge in [-0.2, -0.15) is 5.06 Å². The van der Waals surface area contributed by atoms with E-state index in [4.69, 9.17) is 14.3 Å². The quantitative estimate of drug-likeness (QED) is 0.0613. The van der Waals surface area contributed by atoms with E-state index in [1.807, 2.05) is 106 Å². The van der Waals surface area contributed by atoms with Crippen LogP contribution in [0.3, 0.4) is 0 Å². The van der Waals surface area contributed by atoms with Gasteiger partial charge in [0.25, 0.3) is 5.91 Å². The summed E-state index contributed by atoms with van der Waals surface area (Å²) in [5.41, 5.74) is 6.25. The van der Waals surface area contributed by atoms with Crippen molar-refractivity contribution < 1.29 is 33.8 Å². The molecule has 4 fully saturated rings. The molecule has 9 atom stereocenters. The monoisotopic (exact) mass is 945 g/mol. The van der Waals surface area contributed by atoms with E-state index in [1.54, 1.807) is 19.1 Å². The number of amides is 3. The number of nitrogens with one attached hydrogen (secondary N) is 3. The van der Waals surface area contributed by atoms with E-state index < -0.39 is 36.9 Å². The second-order valence-corrected chi connectivity index (χ2v) is 20.8. The van der Waals surface area contributed by atoms with Crippen LogP contribution in [0.4, 0.5) is 10.5 Å². The topological polar surface area (TPSA) is 145 Å². The number of alkyl carbamates (subject to hydrolysis) is 1. The van der Waals surface area contributed by atoms with Gasteiger partial charge in [-0.1, -0.05) is 99.6 Å². The molecule has 4 aromatic carbocycles. The van der Waals surface area contributed by atoms with Gasteiger partial charge in [0, 0.05) is 61.6 Å². The minimum atomic E-state index is -0.916. The van der Waals surface area contributed by atoms with Gasteiger partial charge in [-0.25, -0.2) is 4.79 Å². The molecule has 0 spiro atoms. The number of unbranched alkanes of at least 4 members (excludes halogenated alkanes) is 1. The minimum Gasteiger partial charge on any atom is -0.496 e. The van der Waals surface area contributed by atoms with Crippen LogP contribution in [-0.4, -0.2) is 118 Å². The van der Waals surface area contributed by atoms with E-state index in [2.05, 4.69) is 65.9 Å². The number of anilines is 1. The molecule has 2 unspecified atom stereocenters. The number of benzene rings is 4. The third-order valence-electron chi connectivity index (χ3n) is 15.2. The van der Waals surface area contributed by atoms with Crippen molar-refractivity contribution in [2.75, 3.05) is 59.9 Å². The van der Waals surface area contributed by atoms with Gasteiger partial charge in [0.2, 0.25) is 5.91 Å². The number of likely N-dealkylation sites (N-methyl/N-ethyl adjacent to an activating group) is 1. The zero-order chi connectivity index (χ0) is 49.4. The number of rotatable bonds is 21. The molecule has 13 heteroatoms. The Balaban J connectivity index is 1.13. The van der Waals surface area contributed by atoms with Crippen molar-refractivity contribution in [1.29, 1.82) is 0 Å². The maximum atomic E-state index is 14.9. The molecule has 69 heavy (non-hydrogen) atoms. The van der Waals surface area contributed by atoms with E-state index in [0.717, 1.165) is 53.6 Å². The van der Waals surface area contributed by atoms with Gasteiger partial charge in [-0.3, -0.25) is 14.4 Å².